The van der Waals surface area contributed by atoms with Crippen LogP contribution in [0.25, 0.3) is 6.08 Å². The Kier molecular flexibility index (Phi) is 5.23. The van der Waals surface area contributed by atoms with Gasteiger partial charge in [0, 0.05) is 6.54 Å². The molecule has 0 unspecified atom stereocenters. The first-order chi connectivity index (χ1) is 12.5. The summed E-state index contributed by atoms with van der Waals surface area (Å²) in [7, 11) is 0. The summed E-state index contributed by atoms with van der Waals surface area (Å²) in [6.07, 6.45) is 1.87. The summed E-state index contributed by atoms with van der Waals surface area (Å²) in [5, 5.41) is 9.56. The van der Waals surface area contributed by atoms with Crippen molar-refractivity contribution >= 4 is 40.6 Å². The summed E-state index contributed by atoms with van der Waals surface area (Å²) < 4.78 is 0. The molecule has 3 rings (SSSR count). The number of amidine groups is 1. The molecule has 26 heavy (non-hydrogen) atoms. The first-order valence-corrected chi connectivity index (χ1v) is 8.99. The van der Waals surface area contributed by atoms with Crippen LogP contribution in [0.2, 0.25) is 0 Å². The lowest BCUT2D eigenvalue weighted by molar-refractivity contribution is -0.122. The molecule has 1 saturated heterocycles. The molecule has 1 aliphatic rings. The second-order valence-electron chi connectivity index (χ2n) is 5.82. The third kappa shape index (κ3) is 3.86. The molecule has 0 radical (unpaired) electrons. The van der Waals surface area contributed by atoms with Crippen molar-refractivity contribution in [2.45, 2.75) is 13.8 Å². The average molecular weight is 366 g/mol. The van der Waals surface area contributed by atoms with E-state index in [1.54, 1.807) is 17.0 Å². The van der Waals surface area contributed by atoms with E-state index >= 15 is 0 Å². The first-order valence-electron chi connectivity index (χ1n) is 8.18. The van der Waals surface area contributed by atoms with Crippen molar-refractivity contribution in [3.63, 3.8) is 0 Å². The predicted molar refractivity (Wildman–Crippen MR) is 105 cm³/mol. The number of carbonyl (C=O) groups is 2. The van der Waals surface area contributed by atoms with Crippen LogP contribution in [0.4, 0.5) is 5.69 Å². The van der Waals surface area contributed by atoms with Gasteiger partial charge in [0.1, 0.15) is 0 Å². The van der Waals surface area contributed by atoms with Crippen LogP contribution >= 0.6 is 11.8 Å². The van der Waals surface area contributed by atoms with Crippen molar-refractivity contribution in [3.8, 4) is 0 Å². The zero-order valence-corrected chi connectivity index (χ0v) is 15.3. The van der Waals surface area contributed by atoms with Gasteiger partial charge in [0.2, 0.25) is 0 Å². The molecule has 0 saturated carbocycles. The van der Waals surface area contributed by atoms with Gasteiger partial charge in [0.25, 0.3) is 5.91 Å². The number of amides is 1. The van der Waals surface area contributed by atoms with E-state index in [4.69, 9.17) is 5.11 Å². The van der Waals surface area contributed by atoms with E-state index in [9.17, 15) is 9.59 Å². The summed E-state index contributed by atoms with van der Waals surface area (Å²) in [6.45, 7) is 4.44. The van der Waals surface area contributed by atoms with Crippen LogP contribution in [0.3, 0.4) is 0 Å². The lowest BCUT2D eigenvalue weighted by Crippen LogP contribution is -2.28. The number of rotatable bonds is 4. The number of likely N-dealkylation sites (N-methyl/N-ethyl adjacent to an activating group) is 1. The molecule has 6 heteroatoms. The van der Waals surface area contributed by atoms with Crippen molar-refractivity contribution in [2.24, 2.45) is 4.99 Å². The highest BCUT2D eigenvalue weighted by molar-refractivity contribution is 8.18. The van der Waals surface area contributed by atoms with Gasteiger partial charge in [0.05, 0.1) is 16.2 Å². The van der Waals surface area contributed by atoms with Gasteiger partial charge in [-0.2, -0.15) is 0 Å². The number of carboxylic acid groups (broad SMARTS) is 1. The SMILES string of the molecule is CCN1C(=O)C(=Cc2ccc(C)cc2)SC1=Nc1ccc(C(=O)O)cc1. The molecular weight excluding hydrogens is 348 g/mol. The van der Waals surface area contributed by atoms with E-state index < -0.39 is 5.97 Å². The Morgan fingerprint density at radius 2 is 1.81 bits per heavy atom. The second-order valence-corrected chi connectivity index (χ2v) is 6.83. The van der Waals surface area contributed by atoms with Crippen molar-refractivity contribution in [3.05, 3.63) is 70.1 Å². The van der Waals surface area contributed by atoms with Gasteiger partial charge in [-0.05, 0) is 61.5 Å². The van der Waals surface area contributed by atoms with Gasteiger partial charge in [-0.3, -0.25) is 9.69 Å². The molecular formula is C20H18N2O3S. The number of aromatic carboxylic acids is 1. The number of carboxylic acids is 1. The van der Waals surface area contributed by atoms with Crippen molar-refractivity contribution in [1.82, 2.24) is 4.90 Å². The average Bonchev–Trinajstić information content (AvgIpc) is 2.92. The van der Waals surface area contributed by atoms with E-state index in [2.05, 4.69) is 4.99 Å². The van der Waals surface area contributed by atoms with Gasteiger partial charge < -0.3 is 5.11 Å². The van der Waals surface area contributed by atoms with Crippen LogP contribution in [0.1, 0.15) is 28.4 Å². The highest BCUT2D eigenvalue weighted by Gasteiger charge is 2.32. The van der Waals surface area contributed by atoms with E-state index in [0.29, 0.717) is 22.3 Å². The molecule has 5 nitrogen and oxygen atoms in total. The molecule has 1 fully saturated rings. The molecule has 0 bridgehead atoms. The van der Waals surface area contributed by atoms with Gasteiger partial charge in [-0.15, -0.1) is 0 Å². The Hall–Kier alpha value is -2.86. The molecule has 0 spiro atoms. The fourth-order valence-electron chi connectivity index (χ4n) is 2.47. The van der Waals surface area contributed by atoms with Crippen LogP contribution in [0.15, 0.2) is 58.4 Å². The minimum atomic E-state index is -0.979. The van der Waals surface area contributed by atoms with E-state index in [1.165, 1.54) is 29.5 Å². The Bertz CT molecular complexity index is 900. The Labute approximate surface area is 156 Å². The highest BCUT2D eigenvalue weighted by atomic mass is 32.2. The topological polar surface area (TPSA) is 70.0 Å². The molecule has 1 heterocycles. The molecule has 0 aromatic heterocycles. The van der Waals surface area contributed by atoms with Gasteiger partial charge in [-0.25, -0.2) is 9.79 Å². The fraction of sp³-hybridized carbons (Fsp3) is 0.150. The standard InChI is InChI=1S/C20H18N2O3S/c1-3-22-18(23)17(12-14-6-4-13(2)5-7-14)26-20(22)21-16-10-8-15(9-11-16)19(24)25/h4-12H,3H2,1-2H3,(H,24,25). The number of nitrogens with zero attached hydrogens (tertiary/aromatic N) is 2. The number of thioether (sulfide) groups is 1. The summed E-state index contributed by atoms with van der Waals surface area (Å²) in [4.78, 5) is 30.3. The van der Waals surface area contributed by atoms with Gasteiger partial charge in [0.15, 0.2) is 5.17 Å². The lowest BCUT2D eigenvalue weighted by atomic mass is 10.1. The van der Waals surface area contributed by atoms with Crippen LogP contribution < -0.4 is 0 Å². The maximum Gasteiger partial charge on any atom is 0.335 e. The number of hydrogen-bond donors (Lipinski definition) is 1. The Morgan fingerprint density at radius 1 is 1.15 bits per heavy atom. The monoisotopic (exact) mass is 366 g/mol. The summed E-state index contributed by atoms with van der Waals surface area (Å²) in [6, 6.07) is 14.2. The molecule has 0 aliphatic carbocycles. The van der Waals surface area contributed by atoms with Crippen molar-refractivity contribution < 1.29 is 14.7 Å². The summed E-state index contributed by atoms with van der Waals surface area (Å²) in [5.74, 6) is -1.05. The molecule has 1 aliphatic heterocycles. The maximum absolute atomic E-state index is 12.6. The number of aliphatic imine (C=N–C) groups is 1. The Morgan fingerprint density at radius 3 is 2.38 bits per heavy atom. The minimum absolute atomic E-state index is 0.0704. The minimum Gasteiger partial charge on any atom is -0.478 e. The normalized spacial score (nSPS) is 17.3. The zero-order valence-electron chi connectivity index (χ0n) is 14.5. The van der Waals surface area contributed by atoms with Crippen LogP contribution in [-0.4, -0.2) is 33.6 Å². The molecule has 1 N–H and O–H groups in total. The van der Waals surface area contributed by atoms with Gasteiger partial charge in [-0.1, -0.05) is 29.8 Å². The fourth-order valence-corrected chi connectivity index (χ4v) is 3.54. The number of carbonyl (C=O) groups excluding carboxylic acids is 1. The number of hydrogen-bond acceptors (Lipinski definition) is 4. The molecule has 0 atom stereocenters. The zero-order chi connectivity index (χ0) is 18.7. The number of benzene rings is 2. The predicted octanol–water partition coefficient (Wildman–Crippen LogP) is 4.32. The largest absolute Gasteiger partial charge is 0.478 e. The molecule has 2 aromatic rings. The van der Waals surface area contributed by atoms with Crippen LogP contribution in [-0.2, 0) is 4.79 Å². The van der Waals surface area contributed by atoms with Crippen LogP contribution in [0.5, 0.6) is 0 Å². The van der Waals surface area contributed by atoms with Crippen LogP contribution in [0, 0.1) is 6.92 Å². The summed E-state index contributed by atoms with van der Waals surface area (Å²) in [5.41, 5.74) is 2.95. The van der Waals surface area contributed by atoms with Crippen molar-refractivity contribution in [1.29, 1.82) is 0 Å². The first kappa shape index (κ1) is 17.9. The smallest absolute Gasteiger partial charge is 0.335 e. The third-order valence-corrected chi connectivity index (χ3v) is 4.93. The Balaban J connectivity index is 1.89. The van der Waals surface area contributed by atoms with Crippen molar-refractivity contribution in [2.75, 3.05) is 6.54 Å². The maximum atomic E-state index is 12.6. The van der Waals surface area contributed by atoms with Gasteiger partial charge >= 0.3 is 5.97 Å². The third-order valence-electron chi connectivity index (χ3n) is 3.92. The quantitative estimate of drug-likeness (QED) is 0.818. The molecule has 132 valence electrons. The molecule has 1 amide bonds. The van der Waals surface area contributed by atoms with E-state index in [-0.39, 0.29) is 11.5 Å². The van der Waals surface area contributed by atoms with E-state index in [0.717, 1.165) is 5.56 Å². The highest BCUT2D eigenvalue weighted by Crippen LogP contribution is 2.34. The number of aryl methyl sites for hydroxylation is 1. The second kappa shape index (κ2) is 7.58. The lowest BCUT2D eigenvalue weighted by Gasteiger charge is -2.12. The molecule has 2 aromatic carbocycles. The summed E-state index contributed by atoms with van der Waals surface area (Å²) >= 11 is 1.33. The van der Waals surface area contributed by atoms with E-state index in [1.807, 2.05) is 44.2 Å².